The number of fused-ring (bicyclic) bond motifs is 16. The van der Waals surface area contributed by atoms with E-state index in [4.69, 9.17) is 0 Å². The topological polar surface area (TPSA) is 3.24 Å². The highest BCUT2D eigenvalue weighted by atomic mass is 15.1. The predicted octanol–water partition coefficient (Wildman–Crippen LogP) is 20.5. The maximum absolute atomic E-state index is 2.56. The number of anilines is 3. The van der Waals surface area contributed by atoms with Crippen molar-refractivity contribution in [1.82, 2.24) is 0 Å². The van der Waals surface area contributed by atoms with Crippen molar-refractivity contribution < 1.29 is 0 Å². The van der Waals surface area contributed by atoms with Gasteiger partial charge in [-0.2, -0.15) is 0 Å². The summed E-state index contributed by atoms with van der Waals surface area (Å²) in [4.78, 5) is 2.42. The number of rotatable bonds is 8. The van der Waals surface area contributed by atoms with Crippen molar-refractivity contribution in [2.24, 2.45) is 0 Å². The van der Waals surface area contributed by atoms with Gasteiger partial charge in [0.2, 0.25) is 0 Å². The molecule has 3 aliphatic carbocycles. The largest absolute Gasteiger partial charge is 0.310 e. The molecule has 0 N–H and O–H groups in total. The van der Waals surface area contributed by atoms with E-state index in [1.807, 2.05) is 0 Å². The fourth-order valence-electron chi connectivity index (χ4n) is 14.4. The highest BCUT2D eigenvalue weighted by molar-refractivity contribution is 6.00. The van der Waals surface area contributed by atoms with Gasteiger partial charge in [-0.25, -0.2) is 0 Å². The Hall–Kier alpha value is -10.3. The van der Waals surface area contributed by atoms with E-state index in [1.54, 1.807) is 0 Å². The predicted molar refractivity (Wildman–Crippen MR) is 336 cm³/mol. The van der Waals surface area contributed by atoms with Crippen molar-refractivity contribution in [3.05, 3.63) is 366 Å². The van der Waals surface area contributed by atoms with E-state index in [2.05, 4.69) is 326 Å². The zero-order valence-corrected chi connectivity index (χ0v) is 44.5. The highest BCUT2D eigenvalue weighted by Gasteiger charge is 2.59. The Morgan fingerprint density at radius 3 is 1.02 bits per heavy atom. The lowest BCUT2D eigenvalue weighted by Crippen LogP contribution is -2.44. The molecular formula is C80H53N. The Labute approximate surface area is 474 Å². The second-order valence-electron chi connectivity index (χ2n) is 21.8. The van der Waals surface area contributed by atoms with E-state index in [0.717, 1.165) is 22.6 Å². The molecule has 13 aromatic rings. The summed E-state index contributed by atoms with van der Waals surface area (Å²) < 4.78 is 0. The van der Waals surface area contributed by atoms with E-state index in [1.165, 1.54) is 117 Å². The van der Waals surface area contributed by atoms with Gasteiger partial charge in [-0.15, -0.1) is 0 Å². The van der Waals surface area contributed by atoms with Gasteiger partial charge < -0.3 is 4.90 Å². The quantitative estimate of drug-likeness (QED) is 0.147. The Morgan fingerprint density at radius 1 is 0.173 bits per heavy atom. The van der Waals surface area contributed by atoms with E-state index < -0.39 is 10.8 Å². The molecule has 0 fully saturated rings. The lowest BCUT2D eigenvalue weighted by atomic mass is 9.52. The average Bonchev–Trinajstić information content (AvgIpc) is 2.15. The van der Waals surface area contributed by atoms with Gasteiger partial charge in [0.1, 0.15) is 0 Å². The molecule has 0 radical (unpaired) electrons. The number of nitrogens with zero attached hydrogens (tertiary/aromatic N) is 1. The molecule has 0 aliphatic heterocycles. The molecule has 2 spiro atoms. The van der Waals surface area contributed by atoms with Crippen LogP contribution in [0.5, 0.6) is 0 Å². The third-order valence-corrected chi connectivity index (χ3v) is 17.8. The van der Waals surface area contributed by atoms with Gasteiger partial charge in [-0.05, 0) is 171 Å². The molecule has 1 heteroatoms. The first-order valence-corrected chi connectivity index (χ1v) is 28.2. The summed E-state index contributed by atoms with van der Waals surface area (Å²) in [5.41, 5.74) is 29.5. The van der Waals surface area contributed by atoms with Crippen LogP contribution in [0.4, 0.5) is 17.1 Å². The summed E-state index contributed by atoms with van der Waals surface area (Å²) in [6.07, 6.45) is 0. The standard InChI is InChI=1S/C80H53N/c1-5-22-54(23-6-1)58-42-46-63(47-43-58)81(64-32-19-30-59(50-64)55-24-7-2-8-25-55)65-33-20-31-62(51-65)66-37-21-41-75-78(66)69-36-15-18-40-72(69)80(75)74-49-45-60(56-26-9-3-10-27-56)52-76(74)79(70-38-16-13-34-67(70)68-35-14-17-39-71(68)79)73-48-44-61(53-77(73)80)57-28-11-4-12-29-57/h1-53H. The molecule has 0 aromatic heterocycles. The van der Waals surface area contributed by atoms with Crippen LogP contribution in [0, 0.1) is 0 Å². The maximum Gasteiger partial charge on any atom is 0.0720 e. The van der Waals surface area contributed by atoms with Crippen LogP contribution >= 0.6 is 0 Å². The van der Waals surface area contributed by atoms with Crippen molar-refractivity contribution in [2.45, 2.75) is 10.8 Å². The molecule has 0 saturated heterocycles. The summed E-state index contributed by atoms with van der Waals surface area (Å²) in [5.74, 6) is 0. The molecule has 378 valence electrons. The van der Waals surface area contributed by atoms with E-state index in [-0.39, 0.29) is 0 Å². The van der Waals surface area contributed by atoms with E-state index >= 15 is 0 Å². The van der Waals surface area contributed by atoms with Crippen LogP contribution in [-0.4, -0.2) is 0 Å². The minimum Gasteiger partial charge on any atom is -0.310 e. The minimum absolute atomic E-state index is 0.618. The molecule has 1 unspecified atom stereocenters. The third kappa shape index (κ3) is 7.05. The lowest BCUT2D eigenvalue weighted by Gasteiger charge is -2.49. The van der Waals surface area contributed by atoms with Crippen LogP contribution in [0.3, 0.4) is 0 Å². The van der Waals surface area contributed by atoms with Crippen LogP contribution in [-0.2, 0) is 10.8 Å². The second kappa shape index (κ2) is 18.7. The molecule has 3 aliphatic rings. The maximum atomic E-state index is 2.56. The third-order valence-electron chi connectivity index (χ3n) is 17.8. The fourth-order valence-corrected chi connectivity index (χ4v) is 14.4. The Balaban J connectivity index is 0.955. The van der Waals surface area contributed by atoms with Gasteiger partial charge >= 0.3 is 0 Å². The van der Waals surface area contributed by atoms with Crippen molar-refractivity contribution >= 4 is 17.1 Å². The summed E-state index contributed by atoms with van der Waals surface area (Å²) in [6, 6.07) is 120. The van der Waals surface area contributed by atoms with Crippen LogP contribution in [0.1, 0.15) is 44.5 Å². The van der Waals surface area contributed by atoms with Gasteiger partial charge in [-0.3, -0.25) is 0 Å². The second-order valence-corrected chi connectivity index (χ2v) is 21.8. The van der Waals surface area contributed by atoms with Crippen LogP contribution in [0.25, 0.3) is 77.9 Å². The first-order chi connectivity index (χ1) is 40.2. The smallest absolute Gasteiger partial charge is 0.0720 e. The van der Waals surface area contributed by atoms with Gasteiger partial charge in [0.05, 0.1) is 10.8 Å². The van der Waals surface area contributed by atoms with E-state index in [0.29, 0.717) is 0 Å². The molecule has 16 rings (SSSR count). The number of hydrogen-bond donors (Lipinski definition) is 0. The summed E-state index contributed by atoms with van der Waals surface area (Å²) in [5, 5.41) is 0. The SMILES string of the molecule is c1ccc(-c2ccc(N(c3cccc(-c4ccccc4)c3)c3cccc(-c4cccc5c4-c4ccccc4C54c5ccc(-c6ccccc6)cc5C5(c6ccccc6-c6ccccc65)c5ccc(-c6ccccc6)cc54)c3)cc2)cc1. The number of benzene rings is 13. The normalized spacial score (nSPS) is 14.6. The molecule has 81 heavy (non-hydrogen) atoms. The van der Waals surface area contributed by atoms with Crippen molar-refractivity contribution in [3.8, 4) is 77.9 Å². The van der Waals surface area contributed by atoms with Crippen LogP contribution < -0.4 is 4.90 Å². The van der Waals surface area contributed by atoms with E-state index in [9.17, 15) is 0 Å². The van der Waals surface area contributed by atoms with Gasteiger partial charge in [-0.1, -0.05) is 273 Å². The van der Waals surface area contributed by atoms with Crippen molar-refractivity contribution in [1.29, 1.82) is 0 Å². The zero-order chi connectivity index (χ0) is 53.5. The van der Waals surface area contributed by atoms with Gasteiger partial charge in [0.15, 0.2) is 0 Å². The molecule has 13 aromatic carbocycles. The van der Waals surface area contributed by atoms with Crippen LogP contribution in [0.15, 0.2) is 322 Å². The Bertz CT molecular complexity index is 4510. The first-order valence-electron chi connectivity index (χ1n) is 28.2. The lowest BCUT2D eigenvalue weighted by molar-refractivity contribution is 0.633. The van der Waals surface area contributed by atoms with Gasteiger partial charge in [0.25, 0.3) is 0 Å². The molecule has 0 bridgehead atoms. The van der Waals surface area contributed by atoms with Gasteiger partial charge in [0, 0.05) is 17.1 Å². The zero-order valence-electron chi connectivity index (χ0n) is 44.5. The Kier molecular flexibility index (Phi) is 10.8. The average molecular weight is 1030 g/mol. The first kappa shape index (κ1) is 46.7. The summed E-state index contributed by atoms with van der Waals surface area (Å²) in [7, 11) is 0. The monoisotopic (exact) mass is 1030 g/mol. The molecule has 1 atom stereocenters. The Morgan fingerprint density at radius 2 is 0.506 bits per heavy atom. The fraction of sp³-hybridized carbons (Fsp3) is 0.0250. The van der Waals surface area contributed by atoms with Crippen molar-refractivity contribution in [2.75, 3.05) is 4.90 Å². The molecular weight excluding hydrogens is 975 g/mol. The van der Waals surface area contributed by atoms with Crippen molar-refractivity contribution in [3.63, 3.8) is 0 Å². The number of hydrogen-bond acceptors (Lipinski definition) is 1. The minimum atomic E-state index is -0.702. The molecule has 0 heterocycles. The van der Waals surface area contributed by atoms with Crippen LogP contribution in [0.2, 0.25) is 0 Å². The molecule has 0 saturated carbocycles. The molecule has 1 nitrogen and oxygen atoms in total. The summed E-state index contributed by atoms with van der Waals surface area (Å²) in [6.45, 7) is 0. The highest BCUT2D eigenvalue weighted by Crippen LogP contribution is 2.68. The molecule has 0 amide bonds. The summed E-state index contributed by atoms with van der Waals surface area (Å²) >= 11 is 0.